The zero-order valence-electron chi connectivity index (χ0n) is 12.8. The quantitative estimate of drug-likeness (QED) is 0.691. The van der Waals surface area contributed by atoms with Crippen molar-refractivity contribution in [3.63, 3.8) is 0 Å². The van der Waals surface area contributed by atoms with Crippen LogP contribution in [0.1, 0.15) is 16.8 Å². The fourth-order valence-corrected chi connectivity index (χ4v) is 3.48. The number of hydrogen-bond donors (Lipinski definition) is 0. The Morgan fingerprint density at radius 1 is 0.955 bits per heavy atom. The number of halogens is 1. The SMILES string of the molecule is CN1CCc2c(c3ccccc3n2Cc2ccccc2)C1.Cl. The molecule has 0 spiro atoms. The molecule has 2 aromatic carbocycles. The van der Waals surface area contributed by atoms with Crippen molar-refractivity contribution in [1.82, 2.24) is 9.47 Å². The minimum absolute atomic E-state index is 0. The molecule has 0 amide bonds. The number of aromatic nitrogens is 1. The minimum Gasteiger partial charge on any atom is -0.340 e. The van der Waals surface area contributed by atoms with Gasteiger partial charge in [0.1, 0.15) is 0 Å². The van der Waals surface area contributed by atoms with Crippen molar-refractivity contribution in [3.05, 3.63) is 71.4 Å². The van der Waals surface area contributed by atoms with Gasteiger partial charge in [-0.3, -0.25) is 0 Å². The molecule has 0 unspecified atom stereocenters. The molecule has 2 nitrogen and oxygen atoms in total. The van der Waals surface area contributed by atoms with Crippen LogP contribution in [-0.2, 0) is 19.5 Å². The third kappa shape index (κ3) is 2.53. The normalized spacial score (nSPS) is 14.6. The summed E-state index contributed by atoms with van der Waals surface area (Å²) in [5.74, 6) is 0. The Bertz CT molecular complexity index is 777. The highest BCUT2D eigenvalue weighted by molar-refractivity contribution is 5.86. The number of fused-ring (bicyclic) bond motifs is 3. The topological polar surface area (TPSA) is 8.17 Å². The molecule has 0 fully saturated rings. The molecular weight excluding hydrogens is 292 g/mol. The first-order chi connectivity index (χ1) is 10.3. The molecule has 1 aliphatic heterocycles. The molecule has 3 aromatic rings. The molecule has 0 N–H and O–H groups in total. The third-order valence-corrected chi connectivity index (χ3v) is 4.54. The van der Waals surface area contributed by atoms with Crippen LogP contribution in [0.3, 0.4) is 0 Å². The number of nitrogens with zero attached hydrogens (tertiary/aromatic N) is 2. The van der Waals surface area contributed by atoms with E-state index in [1.807, 2.05) is 0 Å². The summed E-state index contributed by atoms with van der Waals surface area (Å²) in [6.07, 6.45) is 1.15. The largest absolute Gasteiger partial charge is 0.340 e. The Morgan fingerprint density at radius 2 is 1.68 bits per heavy atom. The monoisotopic (exact) mass is 312 g/mol. The maximum absolute atomic E-state index is 2.52. The summed E-state index contributed by atoms with van der Waals surface area (Å²) in [6, 6.07) is 19.6. The van der Waals surface area contributed by atoms with Crippen molar-refractivity contribution in [1.29, 1.82) is 0 Å². The fraction of sp³-hybridized carbons (Fsp3) is 0.263. The Morgan fingerprint density at radius 3 is 2.50 bits per heavy atom. The van der Waals surface area contributed by atoms with E-state index in [-0.39, 0.29) is 12.4 Å². The van der Waals surface area contributed by atoms with Gasteiger partial charge in [0.15, 0.2) is 0 Å². The zero-order valence-corrected chi connectivity index (χ0v) is 13.6. The summed E-state index contributed by atoms with van der Waals surface area (Å²) in [5.41, 5.74) is 5.80. The second kappa shape index (κ2) is 6.15. The summed E-state index contributed by atoms with van der Waals surface area (Å²) >= 11 is 0. The first kappa shape index (κ1) is 15.1. The third-order valence-electron chi connectivity index (χ3n) is 4.54. The van der Waals surface area contributed by atoms with Crippen LogP contribution in [-0.4, -0.2) is 23.1 Å². The molecule has 0 atom stereocenters. The lowest BCUT2D eigenvalue weighted by Gasteiger charge is -2.24. The van der Waals surface area contributed by atoms with Crippen LogP contribution >= 0.6 is 12.4 Å². The maximum atomic E-state index is 2.52. The highest BCUT2D eigenvalue weighted by Crippen LogP contribution is 2.31. The van der Waals surface area contributed by atoms with Gasteiger partial charge in [-0.2, -0.15) is 0 Å². The second-order valence-electron chi connectivity index (χ2n) is 6.00. The van der Waals surface area contributed by atoms with Gasteiger partial charge >= 0.3 is 0 Å². The van der Waals surface area contributed by atoms with Crippen LogP contribution in [0.15, 0.2) is 54.6 Å². The van der Waals surface area contributed by atoms with Gasteiger partial charge in [-0.05, 0) is 24.2 Å². The van der Waals surface area contributed by atoms with Gasteiger partial charge in [-0.25, -0.2) is 0 Å². The number of hydrogen-bond acceptors (Lipinski definition) is 1. The van der Waals surface area contributed by atoms with Crippen LogP contribution < -0.4 is 0 Å². The van der Waals surface area contributed by atoms with Gasteiger partial charge in [0.25, 0.3) is 0 Å². The Hall–Kier alpha value is -1.77. The predicted octanol–water partition coefficient (Wildman–Crippen LogP) is 4.10. The lowest BCUT2D eigenvalue weighted by Crippen LogP contribution is -2.27. The maximum Gasteiger partial charge on any atom is 0.0489 e. The van der Waals surface area contributed by atoms with E-state index in [9.17, 15) is 0 Å². The lowest BCUT2D eigenvalue weighted by molar-refractivity contribution is 0.310. The predicted molar refractivity (Wildman–Crippen MR) is 94.8 cm³/mol. The van der Waals surface area contributed by atoms with Gasteiger partial charge in [0.2, 0.25) is 0 Å². The molecule has 4 rings (SSSR count). The summed E-state index contributed by atoms with van der Waals surface area (Å²) in [5, 5.41) is 1.43. The number of rotatable bonds is 2. The molecule has 3 heteroatoms. The van der Waals surface area contributed by atoms with Crippen molar-refractivity contribution in [2.24, 2.45) is 0 Å². The number of likely N-dealkylation sites (N-methyl/N-ethyl adjacent to an activating group) is 1. The average Bonchev–Trinajstić information content (AvgIpc) is 2.82. The van der Waals surface area contributed by atoms with E-state index in [1.54, 1.807) is 0 Å². The Balaban J connectivity index is 0.00000144. The second-order valence-corrected chi connectivity index (χ2v) is 6.00. The Kier molecular flexibility index (Phi) is 4.23. The average molecular weight is 313 g/mol. The molecule has 1 aliphatic rings. The number of benzene rings is 2. The molecular formula is C19H21ClN2. The minimum atomic E-state index is 0. The van der Waals surface area contributed by atoms with E-state index in [2.05, 4.69) is 71.1 Å². The van der Waals surface area contributed by atoms with Crippen molar-refractivity contribution < 1.29 is 0 Å². The van der Waals surface area contributed by atoms with Crippen LogP contribution in [0.2, 0.25) is 0 Å². The van der Waals surface area contributed by atoms with E-state index < -0.39 is 0 Å². The molecule has 114 valence electrons. The molecule has 2 heterocycles. The summed E-state index contributed by atoms with van der Waals surface area (Å²) in [7, 11) is 2.21. The molecule has 0 aliphatic carbocycles. The van der Waals surface area contributed by atoms with Crippen LogP contribution in [0.25, 0.3) is 10.9 Å². The van der Waals surface area contributed by atoms with E-state index in [0.717, 1.165) is 26.1 Å². The highest BCUT2D eigenvalue weighted by atomic mass is 35.5. The first-order valence-corrected chi connectivity index (χ1v) is 7.64. The van der Waals surface area contributed by atoms with Gasteiger partial charge in [-0.1, -0.05) is 48.5 Å². The van der Waals surface area contributed by atoms with E-state index >= 15 is 0 Å². The van der Waals surface area contributed by atoms with Gasteiger partial charge in [0, 0.05) is 42.7 Å². The standard InChI is InChI=1S/C19H20N2.ClH/c1-20-12-11-19-17(14-20)16-9-5-6-10-18(16)21(19)13-15-7-3-2-4-8-15;/h2-10H,11-14H2,1H3;1H. The van der Waals surface area contributed by atoms with E-state index in [4.69, 9.17) is 0 Å². The summed E-state index contributed by atoms with van der Waals surface area (Å²) in [4.78, 5) is 2.42. The highest BCUT2D eigenvalue weighted by Gasteiger charge is 2.21. The van der Waals surface area contributed by atoms with E-state index in [1.165, 1.54) is 27.7 Å². The smallest absolute Gasteiger partial charge is 0.0489 e. The molecule has 22 heavy (non-hydrogen) atoms. The number of para-hydroxylation sites is 1. The molecule has 0 saturated carbocycles. The fourth-order valence-electron chi connectivity index (χ4n) is 3.48. The van der Waals surface area contributed by atoms with Gasteiger partial charge < -0.3 is 9.47 Å². The van der Waals surface area contributed by atoms with Crippen molar-refractivity contribution in [2.75, 3.05) is 13.6 Å². The molecule has 0 radical (unpaired) electrons. The molecule has 0 bridgehead atoms. The Labute approximate surface area is 137 Å². The van der Waals surface area contributed by atoms with Gasteiger partial charge in [0.05, 0.1) is 0 Å². The zero-order chi connectivity index (χ0) is 14.2. The lowest BCUT2D eigenvalue weighted by atomic mass is 10.1. The van der Waals surface area contributed by atoms with Crippen LogP contribution in [0, 0.1) is 0 Å². The van der Waals surface area contributed by atoms with Crippen molar-refractivity contribution in [2.45, 2.75) is 19.5 Å². The molecule has 1 aromatic heterocycles. The first-order valence-electron chi connectivity index (χ1n) is 7.64. The summed E-state index contributed by atoms with van der Waals surface area (Å²) in [6.45, 7) is 3.19. The van der Waals surface area contributed by atoms with Crippen molar-refractivity contribution in [3.8, 4) is 0 Å². The van der Waals surface area contributed by atoms with Crippen molar-refractivity contribution >= 4 is 23.3 Å². The van der Waals surface area contributed by atoms with E-state index in [0.29, 0.717) is 0 Å². The molecule has 0 saturated heterocycles. The summed E-state index contributed by atoms with van der Waals surface area (Å²) < 4.78 is 2.52. The van der Waals surface area contributed by atoms with Crippen LogP contribution in [0.4, 0.5) is 0 Å². The van der Waals surface area contributed by atoms with Crippen LogP contribution in [0.5, 0.6) is 0 Å². The van der Waals surface area contributed by atoms with Gasteiger partial charge in [-0.15, -0.1) is 12.4 Å².